The lowest BCUT2D eigenvalue weighted by Gasteiger charge is -2.33. The molecule has 0 aliphatic heterocycles. The van der Waals surface area contributed by atoms with Gasteiger partial charge in [-0.3, -0.25) is 19.4 Å². The molecule has 38 heavy (non-hydrogen) atoms. The highest BCUT2D eigenvalue weighted by atomic mass is 32.1. The number of rotatable bonds is 7. The van der Waals surface area contributed by atoms with Crippen molar-refractivity contribution in [3.8, 4) is 0 Å². The van der Waals surface area contributed by atoms with Crippen LogP contribution in [0.4, 0.5) is 10.1 Å². The first-order valence-corrected chi connectivity index (χ1v) is 12.5. The molecule has 4 aromatic rings. The fourth-order valence-corrected chi connectivity index (χ4v) is 4.76. The van der Waals surface area contributed by atoms with Gasteiger partial charge in [-0.25, -0.2) is 4.39 Å². The number of fused-ring (bicyclic) bond motifs is 1. The molecule has 0 aliphatic carbocycles. The number of nitrogen functional groups attached to an aromatic ring is 1. The fourth-order valence-electron chi connectivity index (χ4n) is 4.00. The quantitative estimate of drug-likeness (QED) is 0.329. The summed E-state index contributed by atoms with van der Waals surface area (Å²) in [6.45, 7) is 5.44. The van der Waals surface area contributed by atoms with Gasteiger partial charge >= 0.3 is 0 Å². The van der Waals surface area contributed by atoms with Crippen LogP contribution in [0, 0.1) is 5.82 Å². The van der Waals surface area contributed by atoms with Crippen molar-refractivity contribution in [2.45, 2.75) is 38.9 Å². The van der Waals surface area contributed by atoms with Gasteiger partial charge in [0.2, 0.25) is 5.91 Å². The molecule has 5 N–H and O–H groups in total. The monoisotopic (exact) mass is 534 g/mol. The van der Waals surface area contributed by atoms with Gasteiger partial charge in [0.05, 0.1) is 11.2 Å². The summed E-state index contributed by atoms with van der Waals surface area (Å²) >= 11 is 0.725. The van der Waals surface area contributed by atoms with Crippen LogP contribution >= 0.6 is 11.5 Å². The van der Waals surface area contributed by atoms with Gasteiger partial charge in [0, 0.05) is 23.7 Å². The zero-order valence-corrected chi connectivity index (χ0v) is 21.9. The molecule has 0 saturated heterocycles. The van der Waals surface area contributed by atoms with Crippen molar-refractivity contribution in [3.05, 3.63) is 88.3 Å². The van der Waals surface area contributed by atoms with E-state index in [4.69, 9.17) is 11.5 Å². The summed E-state index contributed by atoms with van der Waals surface area (Å²) in [4.78, 5) is 45.2. The van der Waals surface area contributed by atoms with E-state index in [0.29, 0.717) is 11.1 Å². The minimum Gasteiger partial charge on any atom is -0.395 e. The molecule has 1 atom stereocenters. The highest BCUT2D eigenvalue weighted by molar-refractivity contribution is 7.09. The van der Waals surface area contributed by atoms with Crippen LogP contribution < -0.4 is 16.8 Å². The number of pyridine rings is 1. The fraction of sp³-hybridized carbons (Fsp3) is 0.222. The van der Waals surface area contributed by atoms with Crippen molar-refractivity contribution >= 4 is 45.8 Å². The molecular formula is C27H27FN6O3S. The van der Waals surface area contributed by atoms with Crippen LogP contribution in [0.3, 0.4) is 0 Å². The predicted molar refractivity (Wildman–Crippen MR) is 144 cm³/mol. The molecule has 0 bridgehead atoms. The highest BCUT2D eigenvalue weighted by Crippen LogP contribution is 2.32. The minimum atomic E-state index is -1.12. The maximum Gasteiger partial charge on any atom is 0.270 e. The van der Waals surface area contributed by atoms with E-state index in [1.54, 1.807) is 30.5 Å². The molecule has 0 radical (unpaired) electrons. The molecule has 2 aromatic heterocycles. The molecule has 2 aromatic carbocycles. The maximum absolute atomic E-state index is 14.0. The second kappa shape index (κ2) is 10.5. The summed E-state index contributed by atoms with van der Waals surface area (Å²) in [7, 11) is 0. The third kappa shape index (κ3) is 5.78. The van der Waals surface area contributed by atoms with Crippen LogP contribution in [0.5, 0.6) is 0 Å². The largest absolute Gasteiger partial charge is 0.395 e. The van der Waals surface area contributed by atoms with Crippen LogP contribution in [0.2, 0.25) is 0 Å². The molecule has 3 amide bonds. The van der Waals surface area contributed by atoms with Crippen molar-refractivity contribution in [3.63, 3.8) is 0 Å². The molecule has 9 nitrogen and oxygen atoms in total. The number of nitrogens with two attached hydrogens (primary N) is 2. The number of aromatic nitrogens is 2. The SMILES string of the molecule is CC(C)(C)NC(=O)[C@@H](c1ccc2ncccc2c1)N(Cc1ccc(F)cc1)C(=O)c1snc(C(N)=O)c1N. The zero-order valence-electron chi connectivity index (χ0n) is 21.1. The number of benzene rings is 2. The first kappa shape index (κ1) is 26.7. The normalized spacial score (nSPS) is 12.2. The number of hydrogen-bond donors (Lipinski definition) is 3. The van der Waals surface area contributed by atoms with E-state index < -0.39 is 35.1 Å². The smallest absolute Gasteiger partial charge is 0.270 e. The van der Waals surface area contributed by atoms with Gasteiger partial charge in [-0.1, -0.05) is 24.3 Å². The lowest BCUT2D eigenvalue weighted by atomic mass is 9.99. The van der Waals surface area contributed by atoms with Gasteiger partial charge in [-0.2, -0.15) is 4.37 Å². The molecule has 0 unspecified atom stereocenters. The van der Waals surface area contributed by atoms with Crippen LogP contribution in [-0.4, -0.2) is 37.5 Å². The molecule has 0 aliphatic rings. The summed E-state index contributed by atoms with van der Waals surface area (Å²) in [5.41, 5.74) is 12.3. The molecule has 4 rings (SSSR count). The van der Waals surface area contributed by atoms with Crippen molar-refractivity contribution in [1.82, 2.24) is 19.6 Å². The molecule has 11 heteroatoms. The Morgan fingerprint density at radius 2 is 1.82 bits per heavy atom. The van der Waals surface area contributed by atoms with E-state index in [-0.39, 0.29) is 22.8 Å². The number of primary amides is 1. The number of halogens is 1. The van der Waals surface area contributed by atoms with Crippen molar-refractivity contribution in [1.29, 1.82) is 0 Å². The van der Waals surface area contributed by atoms with Gasteiger partial charge in [-0.05, 0) is 73.8 Å². The summed E-state index contributed by atoms with van der Waals surface area (Å²) in [6.07, 6.45) is 1.67. The number of nitrogens with one attached hydrogen (secondary N) is 1. The highest BCUT2D eigenvalue weighted by Gasteiger charge is 2.36. The molecule has 0 spiro atoms. The molecule has 0 saturated carbocycles. The Hall–Kier alpha value is -4.38. The van der Waals surface area contributed by atoms with E-state index in [2.05, 4.69) is 14.7 Å². The van der Waals surface area contributed by atoms with E-state index >= 15 is 0 Å². The second-order valence-corrected chi connectivity index (χ2v) is 10.6. The average molecular weight is 535 g/mol. The zero-order chi connectivity index (χ0) is 27.6. The number of anilines is 1. The molecule has 0 fully saturated rings. The average Bonchev–Trinajstić information content (AvgIpc) is 3.24. The third-order valence-electron chi connectivity index (χ3n) is 5.68. The summed E-state index contributed by atoms with van der Waals surface area (Å²) in [6, 6.07) is 13.4. The Bertz CT molecular complexity index is 1510. The lowest BCUT2D eigenvalue weighted by molar-refractivity contribution is -0.127. The van der Waals surface area contributed by atoms with Crippen LogP contribution in [0.15, 0.2) is 60.8 Å². The number of carbonyl (C=O) groups excluding carboxylic acids is 3. The van der Waals surface area contributed by atoms with Gasteiger partial charge in [-0.15, -0.1) is 0 Å². The number of nitrogens with zero attached hydrogens (tertiary/aromatic N) is 3. The van der Waals surface area contributed by atoms with Gasteiger partial charge in [0.1, 0.15) is 16.7 Å². The Balaban J connectivity index is 1.88. The molecular weight excluding hydrogens is 507 g/mol. The topological polar surface area (TPSA) is 144 Å². The van der Waals surface area contributed by atoms with Gasteiger partial charge in [0.15, 0.2) is 5.69 Å². The van der Waals surface area contributed by atoms with E-state index in [0.717, 1.165) is 22.4 Å². The number of amides is 3. The summed E-state index contributed by atoms with van der Waals surface area (Å²) in [5, 5.41) is 3.74. The third-order valence-corrected chi connectivity index (χ3v) is 6.53. The predicted octanol–water partition coefficient (Wildman–Crippen LogP) is 3.81. The first-order chi connectivity index (χ1) is 17.9. The Morgan fingerprint density at radius 3 is 2.45 bits per heavy atom. The van der Waals surface area contributed by atoms with Crippen LogP contribution in [0.1, 0.15) is 58.1 Å². The van der Waals surface area contributed by atoms with Crippen LogP contribution in [0.25, 0.3) is 10.9 Å². The van der Waals surface area contributed by atoms with Crippen molar-refractivity contribution in [2.75, 3.05) is 5.73 Å². The molecule has 2 heterocycles. The van der Waals surface area contributed by atoms with E-state index in [1.807, 2.05) is 26.8 Å². The van der Waals surface area contributed by atoms with Gasteiger partial charge < -0.3 is 21.7 Å². The molecule has 196 valence electrons. The van der Waals surface area contributed by atoms with Crippen molar-refractivity contribution in [2.24, 2.45) is 5.73 Å². The Morgan fingerprint density at radius 1 is 1.11 bits per heavy atom. The van der Waals surface area contributed by atoms with Crippen molar-refractivity contribution < 1.29 is 18.8 Å². The first-order valence-electron chi connectivity index (χ1n) is 11.7. The summed E-state index contributed by atoms with van der Waals surface area (Å²) < 4.78 is 17.6. The number of hydrogen-bond acceptors (Lipinski definition) is 7. The van der Waals surface area contributed by atoms with Crippen LogP contribution in [-0.2, 0) is 11.3 Å². The van der Waals surface area contributed by atoms with Gasteiger partial charge in [0.25, 0.3) is 11.8 Å². The standard InChI is InChI=1S/C27H27FN6O3S/c1-27(2,3)32-25(36)22(17-8-11-19-16(13-17)5-4-12-31-19)34(14-15-6-9-18(28)10-7-15)26(37)23-20(29)21(24(30)35)33-38-23/h4-13,22H,14,29H2,1-3H3,(H2,30,35)(H,32,36)/t22-/m1/s1. The second-order valence-electron chi connectivity index (χ2n) is 9.80. The van der Waals surface area contributed by atoms with E-state index in [9.17, 15) is 18.8 Å². The lowest BCUT2D eigenvalue weighted by Crippen LogP contribution is -2.49. The summed E-state index contributed by atoms with van der Waals surface area (Å²) in [5.74, 6) is -2.37. The number of carbonyl (C=O) groups is 3. The maximum atomic E-state index is 14.0. The van der Waals surface area contributed by atoms with E-state index in [1.165, 1.54) is 29.2 Å². The minimum absolute atomic E-state index is 0.0306. The Labute approximate surface area is 222 Å². The Kier molecular flexibility index (Phi) is 7.40.